The second kappa shape index (κ2) is 11.9. The molecule has 0 aliphatic rings. The number of fused-ring (bicyclic) bond motifs is 1. The van der Waals surface area contributed by atoms with Gasteiger partial charge in [0.1, 0.15) is 5.82 Å². The number of carbonyl (C=O) groups is 1. The largest absolute Gasteiger partial charge is 0.478 e. The second-order valence-corrected chi connectivity index (χ2v) is 10.3. The molecule has 0 spiro atoms. The molecule has 5 nitrogen and oxygen atoms in total. The van der Waals surface area contributed by atoms with Crippen LogP contribution in [-0.2, 0) is 11.2 Å². The Morgan fingerprint density at radius 3 is 2.42 bits per heavy atom. The molecule has 0 heterocycles. The molecular weight excluding hydrogens is 481 g/mol. The van der Waals surface area contributed by atoms with E-state index in [1.807, 2.05) is 43.3 Å². The molecule has 1 unspecified atom stereocenters. The molecule has 0 aliphatic heterocycles. The highest BCUT2D eigenvalue weighted by molar-refractivity contribution is 5.89. The first-order valence-electron chi connectivity index (χ1n) is 12.8. The van der Waals surface area contributed by atoms with Crippen molar-refractivity contribution in [3.8, 4) is 11.1 Å². The zero-order chi connectivity index (χ0) is 27.3. The highest BCUT2D eigenvalue weighted by Crippen LogP contribution is 2.31. The standard InChI is InChI=1S/C32H34FNO4/c1-21(27-10-6-7-11-28(27)25-14-15-29(31(36)37)30(33)17-25)38-20-26(35)19-34-32(2,3)18-22-12-13-23-8-4-5-9-24(23)16-22/h4-17,21,26,34-35H,18-20H2,1-3H3,(H,36,37)/t21?,26-/m0/s1. The van der Waals surface area contributed by atoms with Gasteiger partial charge in [-0.2, -0.15) is 0 Å². The zero-order valence-electron chi connectivity index (χ0n) is 21.9. The van der Waals surface area contributed by atoms with Crippen LogP contribution in [0.4, 0.5) is 4.39 Å². The summed E-state index contributed by atoms with van der Waals surface area (Å²) in [5.74, 6) is -2.09. The third-order valence-electron chi connectivity index (χ3n) is 6.72. The topological polar surface area (TPSA) is 78.8 Å². The Balaban J connectivity index is 1.34. The lowest BCUT2D eigenvalue weighted by atomic mass is 9.93. The minimum atomic E-state index is -1.30. The van der Waals surface area contributed by atoms with Crippen LogP contribution in [0.5, 0.6) is 0 Å². The molecule has 4 aromatic carbocycles. The highest BCUT2D eigenvalue weighted by Gasteiger charge is 2.21. The van der Waals surface area contributed by atoms with Crippen LogP contribution in [0, 0.1) is 5.82 Å². The van der Waals surface area contributed by atoms with E-state index in [1.54, 1.807) is 6.07 Å². The molecule has 0 saturated heterocycles. The average molecular weight is 516 g/mol. The van der Waals surface area contributed by atoms with Gasteiger partial charge in [0, 0.05) is 12.1 Å². The van der Waals surface area contributed by atoms with Crippen LogP contribution < -0.4 is 5.32 Å². The van der Waals surface area contributed by atoms with Gasteiger partial charge in [-0.3, -0.25) is 0 Å². The molecule has 198 valence electrons. The van der Waals surface area contributed by atoms with E-state index in [0.29, 0.717) is 12.1 Å². The number of nitrogens with one attached hydrogen (secondary N) is 1. The Kier molecular flexibility index (Phi) is 8.57. The third-order valence-corrected chi connectivity index (χ3v) is 6.72. The van der Waals surface area contributed by atoms with Crippen molar-refractivity contribution >= 4 is 16.7 Å². The van der Waals surface area contributed by atoms with Crippen molar-refractivity contribution in [3.05, 3.63) is 107 Å². The van der Waals surface area contributed by atoms with Crippen LogP contribution in [0.25, 0.3) is 21.9 Å². The number of aliphatic hydroxyl groups excluding tert-OH is 1. The maximum absolute atomic E-state index is 14.3. The summed E-state index contributed by atoms with van der Waals surface area (Å²) in [5.41, 5.74) is 2.77. The number of benzene rings is 4. The minimum Gasteiger partial charge on any atom is -0.478 e. The quantitative estimate of drug-likeness (QED) is 0.216. The van der Waals surface area contributed by atoms with Crippen molar-refractivity contribution < 1.29 is 24.1 Å². The van der Waals surface area contributed by atoms with E-state index < -0.39 is 17.9 Å². The van der Waals surface area contributed by atoms with E-state index in [-0.39, 0.29) is 23.8 Å². The fourth-order valence-electron chi connectivity index (χ4n) is 4.69. The summed E-state index contributed by atoms with van der Waals surface area (Å²) in [6, 6.07) is 26.3. The van der Waals surface area contributed by atoms with Crippen molar-refractivity contribution in [2.24, 2.45) is 0 Å². The van der Waals surface area contributed by atoms with Crippen molar-refractivity contribution in [2.45, 2.75) is 44.9 Å². The summed E-state index contributed by atoms with van der Waals surface area (Å²) in [6.07, 6.45) is -0.270. The molecule has 6 heteroatoms. The SMILES string of the molecule is CC(OC[C@@H](O)CNC(C)(C)Cc1ccc2ccccc2c1)c1ccccc1-c1ccc(C(=O)O)c(F)c1. The Bertz CT molecular complexity index is 1420. The normalized spacial score (nSPS) is 13.4. The number of ether oxygens (including phenoxy) is 1. The third kappa shape index (κ3) is 6.84. The number of hydrogen-bond donors (Lipinski definition) is 3. The molecular formula is C32H34FNO4. The molecule has 3 N–H and O–H groups in total. The fourth-order valence-corrected chi connectivity index (χ4v) is 4.69. The summed E-state index contributed by atoms with van der Waals surface area (Å²) in [7, 11) is 0. The lowest BCUT2D eigenvalue weighted by Crippen LogP contribution is -2.46. The van der Waals surface area contributed by atoms with Crippen LogP contribution >= 0.6 is 0 Å². The number of halogens is 1. The van der Waals surface area contributed by atoms with E-state index in [9.17, 15) is 14.3 Å². The predicted molar refractivity (Wildman–Crippen MR) is 149 cm³/mol. The summed E-state index contributed by atoms with van der Waals surface area (Å²) >= 11 is 0. The molecule has 0 saturated carbocycles. The molecule has 0 bridgehead atoms. The van der Waals surface area contributed by atoms with Gasteiger partial charge in [-0.1, -0.05) is 72.8 Å². The molecule has 0 aliphatic carbocycles. The molecule has 0 aromatic heterocycles. The van der Waals surface area contributed by atoms with Gasteiger partial charge in [0.15, 0.2) is 0 Å². The smallest absolute Gasteiger partial charge is 0.338 e. The molecule has 38 heavy (non-hydrogen) atoms. The van der Waals surface area contributed by atoms with Crippen LogP contribution in [0.1, 0.15) is 48.4 Å². The van der Waals surface area contributed by atoms with Gasteiger partial charge in [0.05, 0.1) is 24.4 Å². The first-order valence-corrected chi connectivity index (χ1v) is 12.8. The van der Waals surface area contributed by atoms with Gasteiger partial charge in [-0.15, -0.1) is 0 Å². The van der Waals surface area contributed by atoms with E-state index in [1.165, 1.54) is 28.5 Å². The number of β-amino-alcohol motifs (C(OH)–C–C–N with tert-alkyl or cyclic N) is 1. The molecule has 4 rings (SSSR count). The summed E-state index contributed by atoms with van der Waals surface area (Å²) < 4.78 is 20.3. The van der Waals surface area contributed by atoms with Crippen LogP contribution in [-0.4, -0.2) is 41.0 Å². The summed E-state index contributed by atoms with van der Waals surface area (Å²) in [4.78, 5) is 11.2. The Labute approximate surface area is 222 Å². The second-order valence-electron chi connectivity index (χ2n) is 10.3. The van der Waals surface area contributed by atoms with Crippen molar-refractivity contribution in [1.82, 2.24) is 5.32 Å². The molecule has 2 atom stereocenters. The first kappa shape index (κ1) is 27.5. The Hall–Kier alpha value is -3.58. The van der Waals surface area contributed by atoms with Gasteiger partial charge in [0.25, 0.3) is 0 Å². The van der Waals surface area contributed by atoms with E-state index >= 15 is 0 Å². The van der Waals surface area contributed by atoms with Crippen molar-refractivity contribution in [3.63, 3.8) is 0 Å². The van der Waals surface area contributed by atoms with E-state index in [4.69, 9.17) is 9.84 Å². The first-order chi connectivity index (χ1) is 18.1. The van der Waals surface area contributed by atoms with E-state index in [2.05, 4.69) is 49.5 Å². The van der Waals surface area contributed by atoms with Crippen LogP contribution in [0.15, 0.2) is 84.9 Å². The van der Waals surface area contributed by atoms with Gasteiger partial charge in [-0.05, 0) is 72.4 Å². The number of hydrogen-bond acceptors (Lipinski definition) is 4. The predicted octanol–water partition coefficient (Wildman–Crippen LogP) is 6.39. The van der Waals surface area contributed by atoms with Crippen LogP contribution in [0.2, 0.25) is 0 Å². The lowest BCUT2D eigenvalue weighted by molar-refractivity contribution is -0.00397. The molecule has 0 amide bonds. The number of aromatic carboxylic acids is 1. The molecule has 0 radical (unpaired) electrons. The Morgan fingerprint density at radius 2 is 1.68 bits per heavy atom. The van der Waals surface area contributed by atoms with Crippen LogP contribution in [0.3, 0.4) is 0 Å². The average Bonchev–Trinajstić information content (AvgIpc) is 2.90. The zero-order valence-corrected chi connectivity index (χ0v) is 21.9. The summed E-state index contributed by atoms with van der Waals surface area (Å²) in [5, 5.41) is 25.6. The number of carboxylic acids is 1. The fraction of sp³-hybridized carbons (Fsp3) is 0.281. The maximum atomic E-state index is 14.3. The number of rotatable bonds is 11. The highest BCUT2D eigenvalue weighted by atomic mass is 19.1. The number of aliphatic hydroxyl groups is 1. The maximum Gasteiger partial charge on any atom is 0.338 e. The molecule has 4 aromatic rings. The van der Waals surface area contributed by atoms with E-state index in [0.717, 1.165) is 17.5 Å². The van der Waals surface area contributed by atoms with Crippen molar-refractivity contribution in [1.29, 1.82) is 0 Å². The number of carboxylic acid groups (broad SMARTS) is 1. The summed E-state index contributed by atoms with van der Waals surface area (Å²) in [6.45, 7) is 6.61. The van der Waals surface area contributed by atoms with Gasteiger partial charge in [-0.25, -0.2) is 9.18 Å². The molecule has 0 fully saturated rings. The minimum absolute atomic E-state index is 0.126. The van der Waals surface area contributed by atoms with Crippen molar-refractivity contribution in [2.75, 3.05) is 13.2 Å². The lowest BCUT2D eigenvalue weighted by Gasteiger charge is -2.28. The van der Waals surface area contributed by atoms with Gasteiger partial charge >= 0.3 is 5.97 Å². The Morgan fingerprint density at radius 1 is 0.974 bits per heavy atom. The monoisotopic (exact) mass is 515 g/mol. The van der Waals surface area contributed by atoms with Gasteiger partial charge in [0.2, 0.25) is 0 Å². The van der Waals surface area contributed by atoms with Gasteiger partial charge < -0.3 is 20.3 Å².